The number of anilines is 3. The highest BCUT2D eigenvalue weighted by Gasteiger charge is 2.50. The van der Waals surface area contributed by atoms with Gasteiger partial charge in [-0.15, -0.1) is 0 Å². The van der Waals surface area contributed by atoms with Crippen molar-refractivity contribution in [3.63, 3.8) is 0 Å². The Morgan fingerprint density at radius 2 is 2.00 bits per heavy atom. The summed E-state index contributed by atoms with van der Waals surface area (Å²) in [5.74, 6) is 1.54. The van der Waals surface area contributed by atoms with Crippen molar-refractivity contribution in [3.8, 4) is 11.6 Å². The van der Waals surface area contributed by atoms with E-state index in [2.05, 4.69) is 16.4 Å². The second-order valence-corrected chi connectivity index (χ2v) is 11.7. The fourth-order valence-electron chi connectivity index (χ4n) is 6.56. The zero-order valence-corrected chi connectivity index (χ0v) is 24.2. The Morgan fingerprint density at radius 3 is 2.84 bits per heavy atom. The van der Waals surface area contributed by atoms with Gasteiger partial charge in [-0.1, -0.05) is 18.2 Å². The van der Waals surface area contributed by atoms with E-state index in [4.69, 9.17) is 19.4 Å². The molecular formula is C31H30N8O5. The Bertz CT molecular complexity index is 1940. The quantitative estimate of drug-likeness (QED) is 0.346. The van der Waals surface area contributed by atoms with Crippen LogP contribution >= 0.6 is 0 Å². The average Bonchev–Trinajstić information content (AvgIpc) is 3.74. The third-order valence-electron chi connectivity index (χ3n) is 8.90. The predicted molar refractivity (Wildman–Crippen MR) is 161 cm³/mol. The highest BCUT2D eigenvalue weighted by molar-refractivity contribution is 5.96. The van der Waals surface area contributed by atoms with Gasteiger partial charge in [-0.25, -0.2) is 24.1 Å². The van der Waals surface area contributed by atoms with Gasteiger partial charge in [-0.05, 0) is 61.1 Å². The van der Waals surface area contributed by atoms with Crippen molar-refractivity contribution in [1.29, 1.82) is 0 Å². The summed E-state index contributed by atoms with van der Waals surface area (Å²) in [4.78, 5) is 56.2. The number of nitrogens with zero attached hydrogens (tertiary/aromatic N) is 7. The number of allylic oxidation sites excluding steroid dienone is 2. The van der Waals surface area contributed by atoms with Crippen LogP contribution in [0.15, 0.2) is 53.5 Å². The molecule has 4 aliphatic rings. The molecule has 1 aliphatic carbocycles. The second kappa shape index (κ2) is 9.93. The van der Waals surface area contributed by atoms with E-state index in [-0.39, 0.29) is 29.6 Å². The number of methoxy groups -OCH3 is 1. The number of ether oxygens (including phenoxy) is 2. The summed E-state index contributed by atoms with van der Waals surface area (Å²) in [6.45, 7) is 1.93. The molecule has 3 aromatic heterocycles. The molecule has 8 rings (SSSR count). The van der Waals surface area contributed by atoms with E-state index in [1.807, 2.05) is 24.3 Å². The molecule has 3 aliphatic heterocycles. The molecule has 1 fully saturated rings. The fraction of sp³-hybridized carbons (Fsp3) is 0.355. The van der Waals surface area contributed by atoms with Crippen molar-refractivity contribution in [2.75, 3.05) is 37.0 Å². The Balaban J connectivity index is 1.20. The number of carbonyl (C=O) groups excluding carboxylic acids is 2. The van der Waals surface area contributed by atoms with Crippen LogP contribution in [0.3, 0.4) is 0 Å². The van der Waals surface area contributed by atoms with Crippen LogP contribution in [0.1, 0.15) is 36.8 Å². The normalized spacial score (nSPS) is 18.9. The highest BCUT2D eigenvalue weighted by Crippen LogP contribution is 2.52. The summed E-state index contributed by atoms with van der Waals surface area (Å²) in [7, 11) is 1.41. The van der Waals surface area contributed by atoms with Crippen LogP contribution in [0.25, 0.3) is 16.9 Å². The van der Waals surface area contributed by atoms with E-state index in [0.717, 1.165) is 36.9 Å². The molecule has 2 amide bonds. The molecule has 1 spiro atoms. The van der Waals surface area contributed by atoms with Gasteiger partial charge in [0.2, 0.25) is 5.95 Å². The first kappa shape index (κ1) is 26.4. The Hall–Kier alpha value is -5.20. The molecule has 0 atom stereocenters. The minimum atomic E-state index is -0.327. The zero-order chi connectivity index (χ0) is 30.0. The third-order valence-corrected chi connectivity index (χ3v) is 8.90. The number of hydrogen-bond donors (Lipinski definition) is 1. The summed E-state index contributed by atoms with van der Waals surface area (Å²) in [5.41, 5.74) is 3.22. The predicted octanol–water partition coefficient (Wildman–Crippen LogP) is 3.41. The van der Waals surface area contributed by atoms with E-state index in [1.165, 1.54) is 18.9 Å². The lowest BCUT2D eigenvalue weighted by Gasteiger charge is -2.34. The lowest BCUT2D eigenvalue weighted by molar-refractivity contribution is -0.121. The summed E-state index contributed by atoms with van der Waals surface area (Å²) in [5, 5.41) is 3.64. The lowest BCUT2D eigenvalue weighted by Crippen LogP contribution is -2.41. The molecule has 44 heavy (non-hydrogen) atoms. The van der Waals surface area contributed by atoms with Crippen LogP contribution in [0, 0.1) is 0 Å². The minimum absolute atomic E-state index is 0.00325. The van der Waals surface area contributed by atoms with Crippen LogP contribution in [0.5, 0.6) is 5.75 Å². The van der Waals surface area contributed by atoms with Crippen molar-refractivity contribution < 1.29 is 19.1 Å². The fourth-order valence-corrected chi connectivity index (χ4v) is 6.56. The lowest BCUT2D eigenvalue weighted by atomic mass is 9.87. The number of rotatable bonds is 2. The van der Waals surface area contributed by atoms with Gasteiger partial charge in [0.15, 0.2) is 29.6 Å². The standard InChI is InChI=1S/C31H30N8O5/c1-43-30(42)36-16-19-14-20(6-7-22(19)31(18-36)10-11-31)33-29-32-15-21-26(35-29)39-24-9-8-23-27(34-24)37(25(40)17-44-23)12-4-2-3-5-13-38(39)28(21)41/h3,5-9,14-15H,2,4,10-13,16-18H2,1H3,(H,32,33,35)/b5-3-. The third kappa shape index (κ3) is 4.21. The molecule has 224 valence electrons. The number of amides is 2. The molecule has 13 heteroatoms. The van der Waals surface area contributed by atoms with Crippen LogP contribution in [-0.2, 0) is 28.0 Å². The molecule has 13 nitrogen and oxygen atoms in total. The summed E-state index contributed by atoms with van der Waals surface area (Å²) in [6.07, 6.45) is 8.75. The van der Waals surface area contributed by atoms with E-state index in [0.29, 0.717) is 60.5 Å². The molecule has 4 aromatic rings. The maximum Gasteiger partial charge on any atom is 0.409 e. The SMILES string of the molecule is COC(=O)N1Cc2cc(Nc3ncc4c(=O)n5n(c4n3)-c3ccc4c(n3)N(CCC/C=C\C5)C(=O)CO4)ccc2C2(CC2)C1. The topological polar surface area (TPSA) is 137 Å². The van der Waals surface area contributed by atoms with Gasteiger partial charge in [0.05, 0.1) is 13.7 Å². The van der Waals surface area contributed by atoms with Gasteiger partial charge in [-0.3, -0.25) is 14.5 Å². The van der Waals surface area contributed by atoms with Crippen molar-refractivity contribution in [3.05, 3.63) is 70.2 Å². The second-order valence-electron chi connectivity index (χ2n) is 11.7. The van der Waals surface area contributed by atoms with E-state index in [1.54, 1.807) is 31.3 Å². The monoisotopic (exact) mass is 594 g/mol. The highest BCUT2D eigenvalue weighted by atomic mass is 16.5. The number of hydrogen-bond acceptors (Lipinski definition) is 9. The first-order chi connectivity index (χ1) is 21.4. The number of aromatic nitrogens is 5. The van der Waals surface area contributed by atoms with Crippen molar-refractivity contribution in [2.24, 2.45) is 0 Å². The van der Waals surface area contributed by atoms with Crippen LogP contribution in [0.2, 0.25) is 0 Å². The Labute approximate surface area is 251 Å². The van der Waals surface area contributed by atoms with Crippen LogP contribution in [-0.4, -0.2) is 68.0 Å². The van der Waals surface area contributed by atoms with Gasteiger partial charge >= 0.3 is 6.09 Å². The first-order valence-corrected chi connectivity index (χ1v) is 14.8. The van der Waals surface area contributed by atoms with E-state index < -0.39 is 0 Å². The summed E-state index contributed by atoms with van der Waals surface area (Å²) < 4.78 is 13.9. The van der Waals surface area contributed by atoms with Gasteiger partial charge < -0.3 is 19.7 Å². The van der Waals surface area contributed by atoms with Crippen molar-refractivity contribution in [1.82, 2.24) is 29.2 Å². The van der Waals surface area contributed by atoms with E-state index in [9.17, 15) is 14.4 Å². The van der Waals surface area contributed by atoms with Crippen LogP contribution in [0.4, 0.5) is 22.2 Å². The molecule has 0 unspecified atom stereocenters. The van der Waals surface area contributed by atoms with Gasteiger partial charge in [0.1, 0.15) is 5.39 Å². The summed E-state index contributed by atoms with van der Waals surface area (Å²) >= 11 is 0. The number of fused-ring (bicyclic) bond motifs is 7. The Morgan fingerprint density at radius 1 is 1.11 bits per heavy atom. The molecule has 0 radical (unpaired) electrons. The summed E-state index contributed by atoms with van der Waals surface area (Å²) in [6, 6.07) is 9.68. The van der Waals surface area contributed by atoms with Crippen molar-refractivity contribution >= 4 is 40.5 Å². The van der Waals surface area contributed by atoms with E-state index >= 15 is 0 Å². The molecular weight excluding hydrogens is 564 g/mol. The minimum Gasteiger partial charge on any atom is -0.480 e. The molecule has 2 bridgehead atoms. The maximum absolute atomic E-state index is 13.6. The van der Waals surface area contributed by atoms with Crippen molar-refractivity contribution in [2.45, 2.75) is 44.2 Å². The molecule has 0 saturated heterocycles. The number of nitrogens with one attached hydrogen (secondary N) is 1. The number of carbonyl (C=O) groups is 2. The molecule has 1 N–H and O–H groups in total. The van der Waals surface area contributed by atoms with Crippen LogP contribution < -0.4 is 20.5 Å². The Kier molecular flexibility index (Phi) is 5.96. The van der Waals surface area contributed by atoms with Gasteiger partial charge in [0, 0.05) is 36.9 Å². The largest absolute Gasteiger partial charge is 0.480 e. The molecule has 1 aromatic carbocycles. The molecule has 1 saturated carbocycles. The molecule has 6 heterocycles. The average molecular weight is 595 g/mol. The maximum atomic E-state index is 13.6. The number of benzene rings is 1. The first-order valence-electron chi connectivity index (χ1n) is 14.8. The zero-order valence-electron chi connectivity index (χ0n) is 24.2. The van der Waals surface area contributed by atoms with Gasteiger partial charge in [-0.2, -0.15) is 4.98 Å². The smallest absolute Gasteiger partial charge is 0.409 e. The number of pyridine rings is 1. The van der Waals surface area contributed by atoms with Gasteiger partial charge in [0.25, 0.3) is 11.5 Å².